The molecule has 6 heteroatoms. The van der Waals surface area contributed by atoms with Crippen LogP contribution in [0.3, 0.4) is 0 Å². The highest BCUT2D eigenvalue weighted by Gasteiger charge is 2.15. The second-order valence-corrected chi connectivity index (χ2v) is 3.40. The van der Waals surface area contributed by atoms with Crippen molar-refractivity contribution in [3.05, 3.63) is 23.8 Å². The van der Waals surface area contributed by atoms with E-state index in [0.717, 1.165) is 26.2 Å². The molecule has 0 unspecified atom stereocenters. The minimum Gasteiger partial charge on any atom is -0.365 e. The molecule has 1 fully saturated rings. The first-order valence-electron chi connectivity index (χ1n) is 5.46. The van der Waals surface area contributed by atoms with E-state index in [1.165, 1.54) is 13.1 Å². The number of aldehydes is 1. The van der Waals surface area contributed by atoms with Gasteiger partial charge in [0.25, 0.3) is 0 Å². The zero-order valence-corrected chi connectivity index (χ0v) is 9.82. The zero-order valence-electron chi connectivity index (χ0n) is 9.82. The van der Waals surface area contributed by atoms with Crippen LogP contribution in [0.15, 0.2) is 12.1 Å². The minimum absolute atomic E-state index is 0.131. The normalized spacial score (nSPS) is 14.9. The molecule has 2 rings (SSSR count). The van der Waals surface area contributed by atoms with Gasteiger partial charge in [-0.2, -0.15) is 4.39 Å². The van der Waals surface area contributed by atoms with Gasteiger partial charge in [0.2, 0.25) is 5.95 Å². The summed E-state index contributed by atoms with van der Waals surface area (Å²) in [6.45, 7) is 3.21. The molecule has 1 aromatic heterocycles. The lowest BCUT2D eigenvalue weighted by Crippen LogP contribution is -2.44. The van der Waals surface area contributed by atoms with Gasteiger partial charge in [-0.05, 0) is 19.2 Å². The van der Waals surface area contributed by atoms with E-state index in [9.17, 15) is 9.18 Å². The molecule has 3 N–H and O–H groups in total. The first kappa shape index (κ1) is 13.5. The number of piperazine rings is 1. The van der Waals surface area contributed by atoms with Crippen LogP contribution in [-0.2, 0) is 0 Å². The molecule has 0 saturated carbocycles. The van der Waals surface area contributed by atoms with E-state index in [1.807, 2.05) is 4.90 Å². The lowest BCUT2D eigenvalue weighted by atomic mass is 10.3. The van der Waals surface area contributed by atoms with Crippen LogP contribution in [0.25, 0.3) is 0 Å². The summed E-state index contributed by atoms with van der Waals surface area (Å²) in [5.74, 6) is -0.568. The van der Waals surface area contributed by atoms with Crippen molar-refractivity contribution >= 4 is 12.0 Å². The van der Waals surface area contributed by atoms with Crippen LogP contribution in [-0.4, -0.2) is 44.5 Å². The Hall–Kier alpha value is -1.53. The molecule has 0 radical (unpaired) electrons. The van der Waals surface area contributed by atoms with Crippen molar-refractivity contribution in [2.24, 2.45) is 5.73 Å². The summed E-state index contributed by atoms with van der Waals surface area (Å²) in [6, 6.07) is 3.14. The Bertz CT molecular complexity index is 366. The summed E-state index contributed by atoms with van der Waals surface area (Å²) in [5, 5.41) is 3.19. The van der Waals surface area contributed by atoms with Gasteiger partial charge in [0.15, 0.2) is 6.29 Å². The van der Waals surface area contributed by atoms with Crippen molar-refractivity contribution in [2.75, 3.05) is 38.1 Å². The average molecular weight is 240 g/mol. The molecule has 0 aliphatic carbocycles. The monoisotopic (exact) mass is 240 g/mol. The van der Waals surface area contributed by atoms with E-state index in [4.69, 9.17) is 0 Å². The number of halogens is 1. The highest BCUT2D eigenvalue weighted by molar-refractivity contribution is 5.72. The quantitative estimate of drug-likeness (QED) is 0.563. The number of rotatable bonds is 2. The van der Waals surface area contributed by atoms with Gasteiger partial charge in [0, 0.05) is 26.2 Å². The number of aromatic nitrogens is 1. The number of pyridine rings is 1. The van der Waals surface area contributed by atoms with Gasteiger partial charge in [-0.15, -0.1) is 0 Å². The molecular weight excluding hydrogens is 223 g/mol. The molecule has 0 amide bonds. The van der Waals surface area contributed by atoms with Crippen LogP contribution in [0, 0.1) is 5.95 Å². The molecule has 0 bridgehead atoms. The van der Waals surface area contributed by atoms with Gasteiger partial charge >= 0.3 is 0 Å². The number of nitrogens with zero attached hydrogens (tertiary/aromatic N) is 2. The summed E-state index contributed by atoms with van der Waals surface area (Å²) < 4.78 is 13.5. The van der Waals surface area contributed by atoms with Crippen LogP contribution in [0.2, 0.25) is 0 Å². The largest absolute Gasteiger partial charge is 0.365 e. The van der Waals surface area contributed by atoms with Gasteiger partial charge in [0.1, 0.15) is 5.69 Å². The van der Waals surface area contributed by atoms with E-state index < -0.39 is 5.95 Å². The van der Waals surface area contributed by atoms with Crippen LogP contribution in [0.5, 0.6) is 0 Å². The summed E-state index contributed by atoms with van der Waals surface area (Å²) in [5.41, 5.74) is 5.11. The fourth-order valence-corrected chi connectivity index (χ4v) is 1.65. The SMILES string of the molecule is CN.O=Cc1ccc(N2CCNCC2)c(F)n1. The molecular formula is C11H17FN4O. The predicted octanol–water partition coefficient (Wildman–Crippen LogP) is 0.0177. The third-order valence-electron chi connectivity index (χ3n) is 2.43. The average Bonchev–Trinajstić information content (AvgIpc) is 2.42. The second kappa shape index (κ2) is 6.93. The predicted molar refractivity (Wildman–Crippen MR) is 64.8 cm³/mol. The number of anilines is 1. The Morgan fingerprint density at radius 2 is 2.06 bits per heavy atom. The van der Waals surface area contributed by atoms with E-state index >= 15 is 0 Å². The number of nitrogens with one attached hydrogen (secondary N) is 1. The first-order chi connectivity index (χ1) is 8.31. The number of nitrogens with two attached hydrogens (primary N) is 1. The summed E-state index contributed by atoms with van der Waals surface area (Å²) in [4.78, 5) is 15.9. The molecule has 1 aliphatic rings. The summed E-state index contributed by atoms with van der Waals surface area (Å²) in [6.07, 6.45) is 0.546. The van der Waals surface area contributed by atoms with E-state index in [-0.39, 0.29) is 5.69 Å². The topological polar surface area (TPSA) is 71.2 Å². The second-order valence-electron chi connectivity index (χ2n) is 3.40. The molecule has 1 aliphatic heterocycles. The molecule has 0 atom stereocenters. The lowest BCUT2D eigenvalue weighted by Gasteiger charge is -2.29. The van der Waals surface area contributed by atoms with Crippen LogP contribution >= 0.6 is 0 Å². The Kier molecular flexibility index (Phi) is 5.51. The molecule has 2 heterocycles. The van der Waals surface area contributed by atoms with Crippen LogP contribution < -0.4 is 16.0 Å². The van der Waals surface area contributed by atoms with Gasteiger partial charge in [-0.3, -0.25) is 4.79 Å². The number of hydrogen-bond donors (Lipinski definition) is 2. The fourth-order valence-electron chi connectivity index (χ4n) is 1.65. The molecule has 17 heavy (non-hydrogen) atoms. The molecule has 94 valence electrons. The maximum absolute atomic E-state index is 13.5. The Balaban J connectivity index is 0.000000686. The van der Waals surface area contributed by atoms with Crippen molar-refractivity contribution in [2.45, 2.75) is 0 Å². The maximum atomic E-state index is 13.5. The van der Waals surface area contributed by atoms with E-state index in [1.54, 1.807) is 6.07 Å². The van der Waals surface area contributed by atoms with Crippen molar-refractivity contribution in [3.8, 4) is 0 Å². The number of carbonyl (C=O) groups excluding carboxylic acids is 1. The van der Waals surface area contributed by atoms with Crippen molar-refractivity contribution in [3.63, 3.8) is 0 Å². The summed E-state index contributed by atoms with van der Waals surface area (Å²) >= 11 is 0. The first-order valence-corrected chi connectivity index (χ1v) is 5.46. The van der Waals surface area contributed by atoms with Crippen LogP contribution in [0.4, 0.5) is 10.1 Å². The van der Waals surface area contributed by atoms with Crippen molar-refractivity contribution in [1.82, 2.24) is 10.3 Å². The smallest absolute Gasteiger partial charge is 0.237 e. The van der Waals surface area contributed by atoms with Gasteiger partial charge in [0.05, 0.1) is 5.69 Å². The van der Waals surface area contributed by atoms with E-state index in [0.29, 0.717) is 12.0 Å². The van der Waals surface area contributed by atoms with Gasteiger partial charge in [-0.25, -0.2) is 4.98 Å². The minimum atomic E-state index is -0.568. The maximum Gasteiger partial charge on any atom is 0.237 e. The zero-order chi connectivity index (χ0) is 12.7. The third-order valence-corrected chi connectivity index (χ3v) is 2.43. The Morgan fingerprint density at radius 3 is 2.59 bits per heavy atom. The third kappa shape index (κ3) is 3.47. The van der Waals surface area contributed by atoms with Gasteiger partial charge < -0.3 is 16.0 Å². The highest BCUT2D eigenvalue weighted by Crippen LogP contribution is 2.17. The fraction of sp³-hybridized carbons (Fsp3) is 0.455. The van der Waals surface area contributed by atoms with Crippen molar-refractivity contribution < 1.29 is 9.18 Å². The molecule has 5 nitrogen and oxygen atoms in total. The molecule has 0 aromatic carbocycles. The van der Waals surface area contributed by atoms with E-state index in [2.05, 4.69) is 16.0 Å². The standard InChI is InChI=1S/C10H12FN3O.CH5N/c11-10-9(2-1-8(7-15)13-10)14-5-3-12-4-6-14;1-2/h1-2,7,12H,3-6H2;2H2,1H3. The molecule has 1 aromatic rings. The number of hydrogen-bond acceptors (Lipinski definition) is 5. The highest BCUT2D eigenvalue weighted by atomic mass is 19.1. The summed E-state index contributed by atoms with van der Waals surface area (Å²) in [7, 11) is 1.50. The molecule has 0 spiro atoms. The van der Waals surface area contributed by atoms with Gasteiger partial charge in [-0.1, -0.05) is 0 Å². The lowest BCUT2D eigenvalue weighted by molar-refractivity contribution is 0.111. The Labute approximate surface area is 99.8 Å². The number of carbonyl (C=O) groups is 1. The van der Waals surface area contributed by atoms with Crippen LogP contribution in [0.1, 0.15) is 10.5 Å². The Morgan fingerprint density at radius 1 is 1.41 bits per heavy atom. The molecule has 1 saturated heterocycles. The van der Waals surface area contributed by atoms with Crippen molar-refractivity contribution in [1.29, 1.82) is 0 Å².